The maximum atomic E-state index is 13.1. The third kappa shape index (κ3) is 5.53. The number of aromatic nitrogens is 3. The van der Waals surface area contributed by atoms with Gasteiger partial charge < -0.3 is 10.1 Å². The summed E-state index contributed by atoms with van der Waals surface area (Å²) in [5, 5.41) is 3.87. The van der Waals surface area contributed by atoms with Crippen LogP contribution in [-0.2, 0) is 11.3 Å². The molecule has 0 spiro atoms. The van der Waals surface area contributed by atoms with Crippen molar-refractivity contribution in [3.05, 3.63) is 95.0 Å². The molecule has 0 fully saturated rings. The molecule has 7 nitrogen and oxygen atoms in total. The van der Waals surface area contributed by atoms with Crippen molar-refractivity contribution in [2.45, 2.75) is 11.7 Å². The van der Waals surface area contributed by atoms with Crippen molar-refractivity contribution in [2.24, 2.45) is 0 Å². The highest BCUT2D eigenvalue weighted by Gasteiger charge is 2.13. The molecule has 0 aliphatic carbocycles. The fourth-order valence-electron chi connectivity index (χ4n) is 3.13. The zero-order chi connectivity index (χ0) is 22.2. The summed E-state index contributed by atoms with van der Waals surface area (Å²) in [5.74, 6) is 0.751. The highest BCUT2D eigenvalue weighted by Crippen LogP contribution is 2.18. The predicted octanol–water partition coefficient (Wildman–Crippen LogP) is 3.13. The summed E-state index contributed by atoms with van der Waals surface area (Å²) in [6, 6.07) is 20.4. The average molecular weight is 447 g/mol. The van der Waals surface area contributed by atoms with Crippen LogP contribution >= 0.6 is 11.8 Å². The maximum absolute atomic E-state index is 13.1. The van der Waals surface area contributed by atoms with Gasteiger partial charge in [0.25, 0.3) is 5.56 Å². The van der Waals surface area contributed by atoms with Gasteiger partial charge in [0.2, 0.25) is 5.91 Å². The van der Waals surface area contributed by atoms with E-state index in [1.807, 2.05) is 54.6 Å². The first-order valence-corrected chi connectivity index (χ1v) is 11.1. The molecule has 2 aromatic carbocycles. The molecule has 162 valence electrons. The summed E-state index contributed by atoms with van der Waals surface area (Å²) in [5.41, 5.74) is 1.36. The normalized spacial score (nSPS) is 10.8. The Morgan fingerprint density at radius 1 is 1.03 bits per heavy atom. The van der Waals surface area contributed by atoms with Crippen LogP contribution in [-0.4, -0.2) is 39.3 Å². The lowest BCUT2D eigenvalue weighted by molar-refractivity contribution is -0.118. The lowest BCUT2D eigenvalue weighted by Gasteiger charge is -2.13. The standard InChI is InChI=1S/C24H22N4O3S/c29-22(26-13-14-31-19-8-2-1-3-9-19)17-32-24-27-21-11-5-4-10-20(21)23(30)28(24)16-18-7-6-12-25-15-18/h1-12,15H,13-14,16-17H2,(H,26,29). The van der Waals surface area contributed by atoms with Crippen LogP contribution in [0.15, 0.2) is 89.1 Å². The van der Waals surface area contributed by atoms with Crippen molar-refractivity contribution in [2.75, 3.05) is 18.9 Å². The Morgan fingerprint density at radius 2 is 1.84 bits per heavy atom. The molecule has 0 unspecified atom stereocenters. The van der Waals surface area contributed by atoms with Crippen LogP contribution in [0.2, 0.25) is 0 Å². The minimum Gasteiger partial charge on any atom is -0.492 e. The van der Waals surface area contributed by atoms with E-state index >= 15 is 0 Å². The lowest BCUT2D eigenvalue weighted by atomic mass is 10.2. The Bertz CT molecular complexity index is 1250. The van der Waals surface area contributed by atoms with Gasteiger partial charge in [-0.3, -0.25) is 19.1 Å². The second-order valence-electron chi connectivity index (χ2n) is 6.96. The van der Waals surface area contributed by atoms with Crippen LogP contribution in [0, 0.1) is 0 Å². The van der Waals surface area contributed by atoms with Gasteiger partial charge in [-0.1, -0.05) is 48.2 Å². The summed E-state index contributed by atoms with van der Waals surface area (Å²) in [6.45, 7) is 1.10. The Balaban J connectivity index is 1.42. The Hall–Kier alpha value is -3.65. The van der Waals surface area contributed by atoms with Crippen molar-refractivity contribution in [3.63, 3.8) is 0 Å². The molecular weight excluding hydrogens is 424 g/mol. The summed E-state index contributed by atoms with van der Waals surface area (Å²) in [7, 11) is 0. The first kappa shape index (κ1) is 21.6. The monoisotopic (exact) mass is 446 g/mol. The average Bonchev–Trinajstić information content (AvgIpc) is 2.84. The molecule has 0 aliphatic heterocycles. The minimum absolute atomic E-state index is 0.140. The number of amides is 1. The van der Waals surface area contributed by atoms with Crippen LogP contribution in [0.3, 0.4) is 0 Å². The molecule has 0 atom stereocenters. The Morgan fingerprint density at radius 3 is 2.66 bits per heavy atom. The van der Waals surface area contributed by atoms with E-state index in [-0.39, 0.29) is 17.2 Å². The topological polar surface area (TPSA) is 86.1 Å². The number of nitrogens with zero attached hydrogens (tertiary/aromatic N) is 3. The Labute approximate surface area is 189 Å². The number of thioether (sulfide) groups is 1. The largest absolute Gasteiger partial charge is 0.492 e. The molecule has 0 saturated carbocycles. The van der Waals surface area contributed by atoms with Gasteiger partial charge >= 0.3 is 0 Å². The number of hydrogen-bond acceptors (Lipinski definition) is 6. The number of carbonyl (C=O) groups is 1. The number of para-hydroxylation sites is 2. The smallest absolute Gasteiger partial charge is 0.262 e. The van der Waals surface area contributed by atoms with E-state index in [4.69, 9.17) is 4.74 Å². The maximum Gasteiger partial charge on any atom is 0.262 e. The second kappa shape index (κ2) is 10.6. The van der Waals surface area contributed by atoms with Gasteiger partial charge in [0.1, 0.15) is 12.4 Å². The molecule has 0 bridgehead atoms. The number of benzene rings is 2. The predicted molar refractivity (Wildman–Crippen MR) is 125 cm³/mol. The molecule has 2 aromatic heterocycles. The van der Waals surface area contributed by atoms with Crippen molar-refractivity contribution in [3.8, 4) is 5.75 Å². The van der Waals surface area contributed by atoms with Gasteiger partial charge in [0.15, 0.2) is 5.16 Å². The molecule has 32 heavy (non-hydrogen) atoms. The van der Waals surface area contributed by atoms with Crippen LogP contribution in [0.25, 0.3) is 10.9 Å². The van der Waals surface area contributed by atoms with Gasteiger partial charge in [-0.05, 0) is 35.9 Å². The highest BCUT2D eigenvalue weighted by molar-refractivity contribution is 7.99. The van der Waals surface area contributed by atoms with Crippen molar-refractivity contribution < 1.29 is 9.53 Å². The summed E-state index contributed by atoms with van der Waals surface area (Å²) >= 11 is 1.24. The molecule has 0 radical (unpaired) electrons. The van der Waals surface area contributed by atoms with E-state index < -0.39 is 0 Å². The first-order valence-electron chi connectivity index (χ1n) is 10.2. The van der Waals surface area contributed by atoms with Crippen LogP contribution < -0.4 is 15.6 Å². The van der Waals surface area contributed by atoms with Gasteiger partial charge in [0.05, 0.1) is 29.7 Å². The fraction of sp³-hybridized carbons (Fsp3) is 0.167. The van der Waals surface area contributed by atoms with Crippen molar-refractivity contribution in [1.82, 2.24) is 19.9 Å². The van der Waals surface area contributed by atoms with Gasteiger partial charge in [-0.15, -0.1) is 0 Å². The number of carbonyl (C=O) groups excluding carboxylic acids is 1. The van der Waals surface area contributed by atoms with E-state index in [1.165, 1.54) is 11.8 Å². The van der Waals surface area contributed by atoms with E-state index in [0.717, 1.165) is 11.3 Å². The second-order valence-corrected chi connectivity index (χ2v) is 7.91. The zero-order valence-corrected chi connectivity index (χ0v) is 18.1. The summed E-state index contributed by atoms with van der Waals surface area (Å²) in [4.78, 5) is 34.2. The molecule has 2 heterocycles. The van der Waals surface area contributed by atoms with E-state index in [1.54, 1.807) is 29.1 Å². The zero-order valence-electron chi connectivity index (χ0n) is 17.3. The van der Waals surface area contributed by atoms with Crippen LogP contribution in [0.1, 0.15) is 5.56 Å². The molecule has 4 rings (SSSR count). The SMILES string of the molecule is O=C(CSc1nc2ccccc2c(=O)n1Cc1cccnc1)NCCOc1ccccc1. The number of pyridine rings is 1. The molecule has 1 amide bonds. The van der Waals surface area contributed by atoms with Crippen molar-refractivity contribution in [1.29, 1.82) is 0 Å². The highest BCUT2D eigenvalue weighted by atomic mass is 32.2. The van der Waals surface area contributed by atoms with E-state index in [2.05, 4.69) is 15.3 Å². The van der Waals surface area contributed by atoms with Gasteiger partial charge in [0, 0.05) is 12.4 Å². The third-order valence-corrected chi connectivity index (χ3v) is 5.64. The quantitative estimate of drug-likeness (QED) is 0.242. The molecule has 8 heteroatoms. The number of hydrogen-bond donors (Lipinski definition) is 1. The van der Waals surface area contributed by atoms with Crippen LogP contribution in [0.5, 0.6) is 5.75 Å². The van der Waals surface area contributed by atoms with Gasteiger partial charge in [-0.25, -0.2) is 4.98 Å². The fourth-order valence-corrected chi connectivity index (χ4v) is 3.96. The Kier molecular flexibility index (Phi) is 7.14. The molecule has 0 aliphatic rings. The summed E-state index contributed by atoms with van der Waals surface area (Å²) in [6.07, 6.45) is 3.40. The number of ether oxygens (including phenoxy) is 1. The molecule has 4 aromatic rings. The number of nitrogens with one attached hydrogen (secondary N) is 1. The van der Waals surface area contributed by atoms with Gasteiger partial charge in [-0.2, -0.15) is 0 Å². The van der Waals surface area contributed by atoms with E-state index in [9.17, 15) is 9.59 Å². The molecular formula is C24H22N4O3S. The molecule has 0 saturated heterocycles. The summed E-state index contributed by atoms with van der Waals surface area (Å²) < 4.78 is 7.18. The lowest BCUT2D eigenvalue weighted by Crippen LogP contribution is -2.30. The molecule has 1 N–H and O–H groups in total. The third-order valence-electron chi connectivity index (χ3n) is 4.66. The van der Waals surface area contributed by atoms with E-state index in [0.29, 0.717) is 35.8 Å². The number of rotatable bonds is 9. The van der Waals surface area contributed by atoms with Crippen molar-refractivity contribution >= 4 is 28.6 Å². The van der Waals surface area contributed by atoms with Crippen LogP contribution in [0.4, 0.5) is 0 Å². The number of fused-ring (bicyclic) bond motifs is 1. The first-order chi connectivity index (χ1) is 15.7. The minimum atomic E-state index is -0.151.